The summed E-state index contributed by atoms with van der Waals surface area (Å²) in [7, 11) is 0. The second-order valence-corrected chi connectivity index (χ2v) is 9.07. The number of nitrogens with one attached hydrogen (secondary N) is 1. The smallest absolute Gasteiger partial charge is 0.305 e. The zero-order valence-electron chi connectivity index (χ0n) is 22.4. The van der Waals surface area contributed by atoms with Crippen molar-refractivity contribution in [3.8, 4) is 0 Å². The van der Waals surface area contributed by atoms with Crippen molar-refractivity contribution in [1.82, 2.24) is 5.32 Å². The molecule has 0 aliphatic carbocycles. The average molecular weight is 504 g/mol. The summed E-state index contributed by atoms with van der Waals surface area (Å²) < 4.78 is 32.9. The van der Waals surface area contributed by atoms with Gasteiger partial charge in [0.1, 0.15) is 6.61 Å². The van der Waals surface area contributed by atoms with Crippen molar-refractivity contribution < 1.29 is 33.2 Å². The van der Waals surface area contributed by atoms with Crippen molar-refractivity contribution in [1.29, 1.82) is 0 Å². The first-order valence-corrected chi connectivity index (χ1v) is 14.1. The number of unbranched alkanes of at least 4 members (excludes halogenated alkanes) is 8. The Morgan fingerprint density at radius 1 is 0.629 bits per heavy atom. The summed E-state index contributed by atoms with van der Waals surface area (Å²) in [5.74, 6) is -0.122. The van der Waals surface area contributed by atoms with E-state index in [1.54, 1.807) is 0 Å². The van der Waals surface area contributed by atoms with E-state index in [1.807, 2.05) is 0 Å². The summed E-state index contributed by atoms with van der Waals surface area (Å²) in [6.45, 7) is 9.45. The molecule has 35 heavy (non-hydrogen) atoms. The minimum atomic E-state index is -0.122. The number of rotatable bonds is 26. The Labute approximate surface area is 214 Å². The van der Waals surface area contributed by atoms with Crippen LogP contribution >= 0.6 is 0 Å². The van der Waals surface area contributed by atoms with Crippen LogP contribution in [0.4, 0.5) is 0 Å². The molecule has 0 atom stereocenters. The molecule has 208 valence electrons. The van der Waals surface area contributed by atoms with E-state index in [2.05, 4.69) is 12.2 Å². The van der Waals surface area contributed by atoms with Crippen molar-refractivity contribution in [2.24, 2.45) is 0 Å². The topological polar surface area (TPSA) is 84.5 Å². The van der Waals surface area contributed by atoms with Crippen LogP contribution in [0, 0.1) is 0 Å². The summed E-state index contributed by atoms with van der Waals surface area (Å²) >= 11 is 0. The highest BCUT2D eigenvalue weighted by atomic mass is 16.6. The molecule has 1 fully saturated rings. The van der Waals surface area contributed by atoms with E-state index in [1.165, 1.54) is 44.9 Å². The molecule has 0 amide bonds. The zero-order valence-corrected chi connectivity index (χ0v) is 22.4. The quantitative estimate of drug-likeness (QED) is 0.138. The van der Waals surface area contributed by atoms with Gasteiger partial charge in [-0.25, -0.2) is 0 Å². The lowest BCUT2D eigenvalue weighted by atomic mass is 10.1. The fourth-order valence-electron chi connectivity index (χ4n) is 3.86. The maximum Gasteiger partial charge on any atom is 0.305 e. The third-order valence-corrected chi connectivity index (χ3v) is 5.96. The predicted molar refractivity (Wildman–Crippen MR) is 138 cm³/mol. The summed E-state index contributed by atoms with van der Waals surface area (Å²) in [6.07, 6.45) is 14.3. The average Bonchev–Trinajstić information content (AvgIpc) is 2.88. The highest BCUT2D eigenvalue weighted by Gasteiger charge is 2.12. The number of esters is 1. The molecule has 8 heteroatoms. The molecule has 0 saturated carbocycles. The molecule has 1 aliphatic rings. The summed E-state index contributed by atoms with van der Waals surface area (Å²) in [5, 5.41) is 3.33. The van der Waals surface area contributed by atoms with E-state index < -0.39 is 0 Å². The predicted octanol–water partition coefficient (Wildman–Crippen LogP) is 4.29. The van der Waals surface area contributed by atoms with Crippen LogP contribution in [0.15, 0.2) is 0 Å². The van der Waals surface area contributed by atoms with Crippen LogP contribution in [0.2, 0.25) is 0 Å². The Bertz CT molecular complexity index is 447. The molecule has 0 spiro atoms. The number of hydrogen-bond acceptors (Lipinski definition) is 8. The van der Waals surface area contributed by atoms with Crippen LogP contribution in [0.25, 0.3) is 0 Å². The van der Waals surface area contributed by atoms with Crippen molar-refractivity contribution in [2.75, 3.05) is 79.2 Å². The molecular weight excluding hydrogens is 450 g/mol. The monoisotopic (exact) mass is 503 g/mol. The van der Waals surface area contributed by atoms with Crippen molar-refractivity contribution in [3.63, 3.8) is 0 Å². The summed E-state index contributed by atoms with van der Waals surface area (Å²) in [4.78, 5) is 11.7. The fraction of sp³-hybridized carbons (Fsp3) is 0.963. The molecule has 1 heterocycles. The van der Waals surface area contributed by atoms with Crippen LogP contribution in [0.3, 0.4) is 0 Å². The van der Waals surface area contributed by atoms with Gasteiger partial charge >= 0.3 is 5.97 Å². The minimum Gasteiger partial charge on any atom is -0.463 e. The van der Waals surface area contributed by atoms with Gasteiger partial charge in [0, 0.05) is 6.42 Å². The molecule has 8 nitrogen and oxygen atoms in total. The number of carbonyl (C=O) groups excluding carboxylic acids is 1. The number of ether oxygens (including phenoxy) is 6. The van der Waals surface area contributed by atoms with Crippen LogP contribution < -0.4 is 5.32 Å². The van der Waals surface area contributed by atoms with Gasteiger partial charge in [0.25, 0.3) is 0 Å². The van der Waals surface area contributed by atoms with Crippen molar-refractivity contribution in [2.45, 2.75) is 90.1 Å². The Hall–Kier alpha value is -0.770. The lowest BCUT2D eigenvalue weighted by Gasteiger charge is -2.22. The second-order valence-electron chi connectivity index (χ2n) is 9.07. The lowest BCUT2D eigenvalue weighted by molar-refractivity contribution is -0.145. The second kappa shape index (κ2) is 26.3. The standard InChI is InChI=1S/C27H53NO7/c1-2-3-4-5-6-7-8-9-10-11-27(29)35-25-23-33-21-19-31-17-16-30-18-20-32-22-24-34-26-12-14-28-15-13-26/h26,28H,2-25H2,1H3. The molecule has 1 rings (SSSR count). The maximum atomic E-state index is 11.7. The van der Waals surface area contributed by atoms with Gasteiger partial charge in [-0.3, -0.25) is 4.79 Å². The SMILES string of the molecule is CCCCCCCCCCCC(=O)OCCOCCOCCOCCOCCOC1CCNCC1. The van der Waals surface area contributed by atoms with Crippen LogP contribution in [0.1, 0.15) is 84.0 Å². The van der Waals surface area contributed by atoms with Gasteiger partial charge in [-0.05, 0) is 32.4 Å². The fourth-order valence-corrected chi connectivity index (χ4v) is 3.86. The third-order valence-electron chi connectivity index (χ3n) is 5.96. The first-order chi connectivity index (χ1) is 17.3. The van der Waals surface area contributed by atoms with Crippen LogP contribution in [0.5, 0.6) is 0 Å². The van der Waals surface area contributed by atoms with Gasteiger partial charge in [-0.1, -0.05) is 58.3 Å². The van der Waals surface area contributed by atoms with Gasteiger partial charge in [-0.2, -0.15) is 0 Å². The molecule has 1 aliphatic heterocycles. The molecular formula is C27H53NO7. The number of carbonyl (C=O) groups is 1. The van der Waals surface area contributed by atoms with Gasteiger partial charge in [0.05, 0.1) is 65.6 Å². The van der Waals surface area contributed by atoms with E-state index in [0.29, 0.717) is 78.6 Å². The zero-order chi connectivity index (χ0) is 25.1. The minimum absolute atomic E-state index is 0.122. The summed E-state index contributed by atoms with van der Waals surface area (Å²) in [6, 6.07) is 0. The largest absolute Gasteiger partial charge is 0.463 e. The first-order valence-electron chi connectivity index (χ1n) is 14.1. The summed E-state index contributed by atoms with van der Waals surface area (Å²) in [5.41, 5.74) is 0. The Morgan fingerprint density at radius 2 is 1.09 bits per heavy atom. The Balaban J connectivity index is 1.68. The third kappa shape index (κ3) is 23.4. The van der Waals surface area contributed by atoms with Crippen molar-refractivity contribution >= 4 is 5.97 Å². The molecule has 1 saturated heterocycles. The normalized spacial score (nSPS) is 14.4. The van der Waals surface area contributed by atoms with E-state index in [4.69, 9.17) is 28.4 Å². The van der Waals surface area contributed by atoms with Gasteiger partial charge in [-0.15, -0.1) is 0 Å². The van der Waals surface area contributed by atoms with Crippen LogP contribution in [-0.2, 0) is 33.2 Å². The van der Waals surface area contributed by atoms with E-state index in [0.717, 1.165) is 38.8 Å². The van der Waals surface area contributed by atoms with E-state index in [-0.39, 0.29) is 5.97 Å². The van der Waals surface area contributed by atoms with Gasteiger partial charge in [0.15, 0.2) is 0 Å². The lowest BCUT2D eigenvalue weighted by Crippen LogP contribution is -2.33. The molecule has 0 aromatic carbocycles. The van der Waals surface area contributed by atoms with Gasteiger partial charge < -0.3 is 33.7 Å². The van der Waals surface area contributed by atoms with Crippen molar-refractivity contribution in [3.05, 3.63) is 0 Å². The molecule has 0 radical (unpaired) electrons. The maximum absolute atomic E-state index is 11.7. The van der Waals surface area contributed by atoms with Crippen LogP contribution in [-0.4, -0.2) is 91.2 Å². The molecule has 1 N–H and O–H groups in total. The number of hydrogen-bond donors (Lipinski definition) is 1. The highest BCUT2D eigenvalue weighted by molar-refractivity contribution is 5.69. The first kappa shape index (κ1) is 32.3. The molecule has 0 bridgehead atoms. The molecule has 0 aromatic rings. The highest BCUT2D eigenvalue weighted by Crippen LogP contribution is 2.10. The molecule has 0 unspecified atom stereocenters. The molecule has 0 aromatic heterocycles. The van der Waals surface area contributed by atoms with E-state index >= 15 is 0 Å². The Morgan fingerprint density at radius 3 is 1.63 bits per heavy atom. The number of piperidine rings is 1. The van der Waals surface area contributed by atoms with Gasteiger partial charge in [0.2, 0.25) is 0 Å². The Kier molecular flexibility index (Phi) is 24.2. The van der Waals surface area contributed by atoms with E-state index in [9.17, 15) is 4.79 Å².